The Labute approximate surface area is 153 Å². The van der Waals surface area contributed by atoms with Crippen LogP contribution < -0.4 is 10.1 Å². The van der Waals surface area contributed by atoms with Gasteiger partial charge in [-0.25, -0.2) is 0 Å². The maximum Gasteiger partial charge on any atom is 0.261 e. The predicted octanol–water partition coefficient (Wildman–Crippen LogP) is 4.07. The molecule has 0 fully saturated rings. The van der Waals surface area contributed by atoms with E-state index in [1.54, 1.807) is 18.4 Å². The van der Waals surface area contributed by atoms with Gasteiger partial charge in [0.15, 0.2) is 0 Å². The van der Waals surface area contributed by atoms with E-state index in [2.05, 4.69) is 17.4 Å². The molecule has 0 bridgehead atoms. The summed E-state index contributed by atoms with van der Waals surface area (Å²) < 4.78 is 10.8. The monoisotopic (exact) mass is 359 g/mol. The Morgan fingerprint density at radius 1 is 1.24 bits per heavy atom. The van der Waals surface area contributed by atoms with Crippen molar-refractivity contribution in [3.63, 3.8) is 0 Å². The summed E-state index contributed by atoms with van der Waals surface area (Å²) >= 11 is 1.58. The number of hydrogen-bond acceptors (Lipinski definition) is 4. The zero-order valence-electron chi connectivity index (χ0n) is 15.1. The Bertz CT molecular complexity index is 751. The number of nitrogens with one attached hydrogen (secondary N) is 1. The molecule has 4 nitrogen and oxygen atoms in total. The second kappa shape index (κ2) is 8.02. The first-order valence-electron chi connectivity index (χ1n) is 8.78. The molecule has 0 saturated heterocycles. The molecule has 3 rings (SSSR count). The number of ether oxygens (including phenoxy) is 2. The van der Waals surface area contributed by atoms with E-state index in [9.17, 15) is 4.79 Å². The van der Waals surface area contributed by atoms with Gasteiger partial charge in [0, 0.05) is 18.0 Å². The van der Waals surface area contributed by atoms with Crippen molar-refractivity contribution in [1.82, 2.24) is 5.32 Å². The average Bonchev–Trinajstić information content (AvgIpc) is 3.05. The lowest BCUT2D eigenvalue weighted by Crippen LogP contribution is -2.24. The zero-order valence-corrected chi connectivity index (χ0v) is 15.9. The van der Waals surface area contributed by atoms with E-state index in [1.807, 2.05) is 26.0 Å². The molecule has 0 aliphatic heterocycles. The van der Waals surface area contributed by atoms with Gasteiger partial charge in [-0.2, -0.15) is 0 Å². The Morgan fingerprint density at radius 3 is 2.80 bits per heavy atom. The van der Waals surface area contributed by atoms with Crippen molar-refractivity contribution in [2.75, 3.05) is 20.3 Å². The third-order valence-corrected chi connectivity index (χ3v) is 5.52. The number of aryl methyl sites for hydroxylation is 2. The minimum atomic E-state index is 0.0130. The van der Waals surface area contributed by atoms with Crippen LogP contribution in [0.25, 0.3) is 10.4 Å². The molecule has 1 amide bonds. The van der Waals surface area contributed by atoms with E-state index >= 15 is 0 Å². The number of carbonyl (C=O) groups excluding carboxylic acids is 1. The van der Waals surface area contributed by atoms with Crippen molar-refractivity contribution in [2.24, 2.45) is 0 Å². The fourth-order valence-corrected chi connectivity index (χ4v) is 4.22. The van der Waals surface area contributed by atoms with Crippen molar-refractivity contribution in [2.45, 2.75) is 39.2 Å². The average molecular weight is 359 g/mol. The van der Waals surface area contributed by atoms with Crippen molar-refractivity contribution >= 4 is 17.2 Å². The van der Waals surface area contributed by atoms with Crippen LogP contribution >= 0.6 is 11.3 Å². The molecule has 0 spiro atoms. The van der Waals surface area contributed by atoms with Crippen LogP contribution in [0, 0.1) is 0 Å². The molecule has 0 unspecified atom stereocenters. The minimum Gasteiger partial charge on any atom is -0.497 e. The highest BCUT2D eigenvalue weighted by atomic mass is 32.1. The lowest BCUT2D eigenvalue weighted by Gasteiger charge is -2.16. The first-order chi connectivity index (χ1) is 12.1. The van der Waals surface area contributed by atoms with E-state index < -0.39 is 0 Å². The molecule has 1 heterocycles. The highest BCUT2D eigenvalue weighted by molar-refractivity contribution is 7.17. The largest absolute Gasteiger partial charge is 0.497 e. The quantitative estimate of drug-likeness (QED) is 0.758. The van der Waals surface area contributed by atoms with E-state index in [1.165, 1.54) is 21.6 Å². The smallest absolute Gasteiger partial charge is 0.261 e. The minimum absolute atomic E-state index is 0.0130. The van der Waals surface area contributed by atoms with Crippen molar-refractivity contribution in [3.05, 3.63) is 40.3 Å². The second-order valence-corrected chi connectivity index (χ2v) is 7.57. The van der Waals surface area contributed by atoms with E-state index in [-0.39, 0.29) is 12.0 Å². The standard InChI is InChI=1S/C20H25NO3S/c1-13(2)24-10-4-9-21-20(22)18-12-15-6-5-14-11-16(23-3)7-8-17(14)19(15)25-18/h7-8,11-13H,4-6,9-10H2,1-3H3,(H,21,22). The Kier molecular flexibility index (Phi) is 5.76. The molecule has 1 N–H and O–H groups in total. The number of benzene rings is 1. The second-order valence-electron chi connectivity index (χ2n) is 6.52. The van der Waals surface area contributed by atoms with E-state index in [0.717, 1.165) is 29.9 Å². The number of hydrogen-bond donors (Lipinski definition) is 1. The number of methoxy groups -OCH3 is 1. The van der Waals surface area contributed by atoms with E-state index in [0.29, 0.717) is 13.2 Å². The molecule has 25 heavy (non-hydrogen) atoms. The lowest BCUT2D eigenvalue weighted by molar-refractivity contribution is 0.0757. The lowest BCUT2D eigenvalue weighted by atomic mass is 9.91. The third kappa shape index (κ3) is 4.22. The molecular weight excluding hydrogens is 334 g/mol. The Morgan fingerprint density at radius 2 is 2.04 bits per heavy atom. The molecule has 1 aliphatic carbocycles. The van der Waals surface area contributed by atoms with E-state index in [4.69, 9.17) is 9.47 Å². The van der Waals surface area contributed by atoms with Gasteiger partial charge in [0.1, 0.15) is 5.75 Å². The summed E-state index contributed by atoms with van der Waals surface area (Å²) in [4.78, 5) is 14.4. The van der Waals surface area contributed by atoms with Gasteiger partial charge in [-0.05, 0) is 74.1 Å². The van der Waals surface area contributed by atoms with Gasteiger partial charge in [-0.15, -0.1) is 11.3 Å². The van der Waals surface area contributed by atoms with Gasteiger partial charge in [-0.1, -0.05) is 0 Å². The van der Waals surface area contributed by atoms with Crippen LogP contribution in [0.3, 0.4) is 0 Å². The molecule has 1 aromatic heterocycles. The van der Waals surface area contributed by atoms with Gasteiger partial charge in [0.25, 0.3) is 5.91 Å². The highest BCUT2D eigenvalue weighted by Crippen LogP contribution is 2.40. The molecule has 0 radical (unpaired) electrons. The molecular formula is C20H25NO3S. The summed E-state index contributed by atoms with van der Waals surface area (Å²) in [6.07, 6.45) is 3.03. The number of rotatable bonds is 7. The van der Waals surface area contributed by atoms with Crippen LogP contribution in [-0.4, -0.2) is 32.3 Å². The predicted molar refractivity (Wildman–Crippen MR) is 102 cm³/mol. The number of amides is 1. The van der Waals surface area contributed by atoms with Gasteiger partial charge in [-0.3, -0.25) is 4.79 Å². The van der Waals surface area contributed by atoms with Gasteiger partial charge >= 0.3 is 0 Å². The molecule has 5 heteroatoms. The van der Waals surface area contributed by atoms with Crippen LogP contribution in [0.2, 0.25) is 0 Å². The summed E-state index contributed by atoms with van der Waals surface area (Å²) in [6, 6.07) is 8.25. The van der Waals surface area contributed by atoms with Crippen LogP contribution in [0.5, 0.6) is 5.75 Å². The first-order valence-corrected chi connectivity index (χ1v) is 9.60. The Balaban J connectivity index is 1.66. The van der Waals surface area contributed by atoms with Crippen LogP contribution in [-0.2, 0) is 17.6 Å². The number of fused-ring (bicyclic) bond motifs is 3. The Hall–Kier alpha value is -1.85. The van der Waals surface area contributed by atoms with Crippen molar-refractivity contribution in [1.29, 1.82) is 0 Å². The summed E-state index contributed by atoms with van der Waals surface area (Å²) in [7, 11) is 1.69. The normalized spacial score (nSPS) is 12.6. The molecule has 2 aromatic rings. The summed E-state index contributed by atoms with van der Waals surface area (Å²) in [6.45, 7) is 5.35. The van der Waals surface area contributed by atoms with Crippen LogP contribution in [0.15, 0.2) is 24.3 Å². The maximum absolute atomic E-state index is 12.4. The van der Waals surface area contributed by atoms with Crippen LogP contribution in [0.1, 0.15) is 41.1 Å². The maximum atomic E-state index is 12.4. The third-order valence-electron chi connectivity index (χ3n) is 4.31. The SMILES string of the molecule is COc1ccc2c(c1)CCc1cc(C(=O)NCCCOC(C)C)sc1-2. The van der Waals surface area contributed by atoms with Crippen molar-refractivity contribution in [3.8, 4) is 16.2 Å². The fourth-order valence-electron chi connectivity index (χ4n) is 3.03. The highest BCUT2D eigenvalue weighted by Gasteiger charge is 2.21. The topological polar surface area (TPSA) is 47.6 Å². The summed E-state index contributed by atoms with van der Waals surface area (Å²) in [5.41, 5.74) is 3.80. The molecule has 0 atom stereocenters. The van der Waals surface area contributed by atoms with Gasteiger partial charge < -0.3 is 14.8 Å². The molecule has 134 valence electrons. The number of carbonyl (C=O) groups is 1. The molecule has 1 aliphatic rings. The zero-order chi connectivity index (χ0) is 17.8. The first kappa shape index (κ1) is 18.0. The fraction of sp³-hybridized carbons (Fsp3) is 0.450. The molecule has 0 saturated carbocycles. The molecule has 1 aromatic carbocycles. The van der Waals surface area contributed by atoms with Gasteiger partial charge in [0.05, 0.1) is 18.1 Å². The van der Waals surface area contributed by atoms with Gasteiger partial charge in [0.2, 0.25) is 0 Å². The summed E-state index contributed by atoms with van der Waals surface area (Å²) in [5, 5.41) is 3.00. The van der Waals surface area contributed by atoms with Crippen LogP contribution in [0.4, 0.5) is 0 Å². The number of thiophene rings is 1. The van der Waals surface area contributed by atoms with Crippen molar-refractivity contribution < 1.29 is 14.3 Å². The summed E-state index contributed by atoms with van der Waals surface area (Å²) in [5.74, 6) is 0.902.